The van der Waals surface area contributed by atoms with Crippen LogP contribution in [0.2, 0.25) is 0 Å². The standard InChI is InChI=1S/C10H17FN2O.ClH/c1-7(2)9(11)10(14)13-4-3-8(5-12)6-13;/h8H,3-6,12H2,1-2H3;1H. The van der Waals surface area contributed by atoms with E-state index in [2.05, 4.69) is 0 Å². The minimum Gasteiger partial charge on any atom is -0.336 e. The fourth-order valence-electron chi connectivity index (χ4n) is 1.56. The van der Waals surface area contributed by atoms with Gasteiger partial charge in [-0.1, -0.05) is 0 Å². The zero-order chi connectivity index (χ0) is 10.7. The number of allylic oxidation sites excluding steroid dienone is 1. The summed E-state index contributed by atoms with van der Waals surface area (Å²) < 4.78 is 13.3. The van der Waals surface area contributed by atoms with E-state index in [4.69, 9.17) is 5.73 Å². The van der Waals surface area contributed by atoms with Gasteiger partial charge in [0.1, 0.15) is 0 Å². The molecule has 1 unspecified atom stereocenters. The molecule has 1 rings (SSSR count). The van der Waals surface area contributed by atoms with Crippen LogP contribution in [-0.2, 0) is 4.79 Å². The number of nitrogens with zero attached hydrogens (tertiary/aromatic N) is 1. The molecule has 0 spiro atoms. The number of carbonyl (C=O) groups is 1. The van der Waals surface area contributed by atoms with Gasteiger partial charge >= 0.3 is 0 Å². The molecule has 0 radical (unpaired) electrons. The van der Waals surface area contributed by atoms with Crippen molar-refractivity contribution in [3.05, 3.63) is 11.4 Å². The van der Waals surface area contributed by atoms with Gasteiger partial charge in [-0.2, -0.15) is 0 Å². The van der Waals surface area contributed by atoms with Crippen LogP contribution in [-0.4, -0.2) is 30.4 Å². The highest BCUT2D eigenvalue weighted by Crippen LogP contribution is 2.18. The largest absolute Gasteiger partial charge is 0.336 e. The molecule has 0 aromatic heterocycles. The number of hydrogen-bond donors (Lipinski definition) is 1. The van der Waals surface area contributed by atoms with Gasteiger partial charge in [-0.15, -0.1) is 12.4 Å². The molecule has 0 aliphatic carbocycles. The van der Waals surface area contributed by atoms with Crippen molar-refractivity contribution in [1.29, 1.82) is 0 Å². The van der Waals surface area contributed by atoms with E-state index in [9.17, 15) is 9.18 Å². The van der Waals surface area contributed by atoms with Crippen molar-refractivity contribution in [1.82, 2.24) is 4.90 Å². The average molecular weight is 237 g/mol. The summed E-state index contributed by atoms with van der Waals surface area (Å²) in [7, 11) is 0. The Balaban J connectivity index is 0.00000196. The van der Waals surface area contributed by atoms with Gasteiger partial charge in [-0.05, 0) is 38.3 Å². The van der Waals surface area contributed by atoms with Gasteiger partial charge in [0.25, 0.3) is 5.91 Å². The van der Waals surface area contributed by atoms with E-state index in [0.29, 0.717) is 31.1 Å². The first kappa shape index (κ1) is 14.4. The summed E-state index contributed by atoms with van der Waals surface area (Å²) in [5, 5.41) is 0. The second kappa shape index (κ2) is 6.08. The molecule has 0 saturated carbocycles. The Hall–Kier alpha value is -0.610. The van der Waals surface area contributed by atoms with Gasteiger partial charge in [-0.25, -0.2) is 4.39 Å². The van der Waals surface area contributed by atoms with Crippen molar-refractivity contribution in [2.45, 2.75) is 20.3 Å². The number of amides is 1. The van der Waals surface area contributed by atoms with Crippen LogP contribution in [0, 0.1) is 5.92 Å². The Morgan fingerprint density at radius 3 is 2.53 bits per heavy atom. The Morgan fingerprint density at radius 2 is 2.13 bits per heavy atom. The zero-order valence-electron chi connectivity index (χ0n) is 9.12. The van der Waals surface area contributed by atoms with Gasteiger partial charge in [0.05, 0.1) is 0 Å². The fourth-order valence-corrected chi connectivity index (χ4v) is 1.56. The van der Waals surface area contributed by atoms with Crippen LogP contribution in [0.4, 0.5) is 4.39 Å². The quantitative estimate of drug-likeness (QED) is 0.739. The van der Waals surface area contributed by atoms with Crippen LogP contribution in [0.15, 0.2) is 11.4 Å². The highest BCUT2D eigenvalue weighted by molar-refractivity contribution is 5.92. The number of nitrogens with two attached hydrogens (primary N) is 1. The molecule has 15 heavy (non-hydrogen) atoms. The summed E-state index contributed by atoms with van der Waals surface area (Å²) in [6.07, 6.45) is 0.887. The van der Waals surface area contributed by atoms with Gasteiger partial charge < -0.3 is 10.6 Å². The predicted molar refractivity (Wildman–Crippen MR) is 60.5 cm³/mol. The topological polar surface area (TPSA) is 46.3 Å². The number of halogens is 2. The molecule has 88 valence electrons. The van der Waals surface area contributed by atoms with Crippen molar-refractivity contribution >= 4 is 18.3 Å². The van der Waals surface area contributed by atoms with Gasteiger partial charge in [-0.3, -0.25) is 4.79 Å². The first-order valence-electron chi connectivity index (χ1n) is 4.88. The molecule has 3 nitrogen and oxygen atoms in total. The average Bonchev–Trinajstić information content (AvgIpc) is 2.63. The molecule has 5 heteroatoms. The Labute approximate surface area is 95.9 Å². The smallest absolute Gasteiger partial charge is 0.282 e. The number of rotatable bonds is 2. The first-order chi connectivity index (χ1) is 6.56. The molecule has 0 aromatic rings. The summed E-state index contributed by atoms with van der Waals surface area (Å²) in [6, 6.07) is 0. The second-order valence-electron chi connectivity index (χ2n) is 3.96. The van der Waals surface area contributed by atoms with Crippen LogP contribution in [0.25, 0.3) is 0 Å². The van der Waals surface area contributed by atoms with E-state index in [-0.39, 0.29) is 12.4 Å². The molecule has 1 heterocycles. The Kier molecular flexibility index (Phi) is 5.83. The molecule has 1 aliphatic heterocycles. The Bertz CT molecular complexity index is 264. The number of likely N-dealkylation sites (tertiary alicyclic amines) is 1. The lowest BCUT2D eigenvalue weighted by molar-refractivity contribution is -0.127. The predicted octanol–water partition coefficient (Wildman–Crippen LogP) is 1.48. The lowest BCUT2D eigenvalue weighted by Crippen LogP contribution is -2.30. The summed E-state index contributed by atoms with van der Waals surface area (Å²) >= 11 is 0. The van der Waals surface area contributed by atoms with Crippen LogP contribution in [0.5, 0.6) is 0 Å². The van der Waals surface area contributed by atoms with Gasteiger partial charge in [0.2, 0.25) is 0 Å². The third kappa shape index (κ3) is 3.47. The minimum absolute atomic E-state index is 0. The zero-order valence-corrected chi connectivity index (χ0v) is 9.94. The lowest BCUT2D eigenvalue weighted by atomic mass is 10.1. The molecule has 2 N–H and O–H groups in total. The van der Waals surface area contributed by atoms with Crippen molar-refractivity contribution in [3.63, 3.8) is 0 Å². The van der Waals surface area contributed by atoms with Crippen LogP contribution < -0.4 is 5.73 Å². The summed E-state index contributed by atoms with van der Waals surface area (Å²) in [4.78, 5) is 13.0. The van der Waals surface area contributed by atoms with Crippen molar-refractivity contribution < 1.29 is 9.18 Å². The van der Waals surface area contributed by atoms with Crippen molar-refractivity contribution in [2.24, 2.45) is 11.7 Å². The molecular formula is C10H18ClFN2O. The molecular weight excluding hydrogens is 219 g/mol. The number of carbonyl (C=O) groups excluding carboxylic acids is 1. The van der Waals surface area contributed by atoms with E-state index in [1.807, 2.05) is 0 Å². The highest BCUT2D eigenvalue weighted by atomic mass is 35.5. The molecule has 1 atom stereocenters. The maximum atomic E-state index is 13.3. The second-order valence-corrected chi connectivity index (χ2v) is 3.96. The molecule has 0 bridgehead atoms. The van der Waals surface area contributed by atoms with E-state index < -0.39 is 11.7 Å². The highest BCUT2D eigenvalue weighted by Gasteiger charge is 2.27. The van der Waals surface area contributed by atoms with Crippen LogP contribution >= 0.6 is 12.4 Å². The lowest BCUT2D eigenvalue weighted by Gasteiger charge is -2.15. The maximum Gasteiger partial charge on any atom is 0.282 e. The third-order valence-corrected chi connectivity index (χ3v) is 2.53. The SMILES string of the molecule is CC(C)=C(F)C(=O)N1CCC(CN)C1.Cl. The third-order valence-electron chi connectivity index (χ3n) is 2.53. The summed E-state index contributed by atoms with van der Waals surface area (Å²) in [6.45, 7) is 4.99. The fraction of sp³-hybridized carbons (Fsp3) is 0.700. The van der Waals surface area contributed by atoms with Gasteiger partial charge in [0.15, 0.2) is 5.83 Å². The molecule has 1 fully saturated rings. The maximum absolute atomic E-state index is 13.3. The molecule has 0 aromatic carbocycles. The van der Waals surface area contributed by atoms with Crippen LogP contribution in [0.1, 0.15) is 20.3 Å². The van der Waals surface area contributed by atoms with E-state index in [1.165, 1.54) is 0 Å². The molecule has 1 amide bonds. The molecule has 1 aliphatic rings. The van der Waals surface area contributed by atoms with E-state index in [0.717, 1.165) is 6.42 Å². The van der Waals surface area contributed by atoms with Crippen LogP contribution in [0.3, 0.4) is 0 Å². The van der Waals surface area contributed by atoms with E-state index in [1.54, 1.807) is 18.7 Å². The van der Waals surface area contributed by atoms with E-state index >= 15 is 0 Å². The van der Waals surface area contributed by atoms with Crippen molar-refractivity contribution in [3.8, 4) is 0 Å². The summed E-state index contributed by atoms with van der Waals surface area (Å²) in [5.74, 6) is -0.771. The van der Waals surface area contributed by atoms with Gasteiger partial charge in [0, 0.05) is 13.1 Å². The first-order valence-corrected chi connectivity index (χ1v) is 4.88. The minimum atomic E-state index is -0.623. The Morgan fingerprint density at radius 1 is 1.53 bits per heavy atom. The number of hydrogen-bond acceptors (Lipinski definition) is 2. The monoisotopic (exact) mass is 236 g/mol. The van der Waals surface area contributed by atoms with Crippen molar-refractivity contribution in [2.75, 3.05) is 19.6 Å². The normalized spacial score (nSPS) is 19.7. The summed E-state index contributed by atoms with van der Waals surface area (Å²) in [5.41, 5.74) is 5.92. The molecule has 1 saturated heterocycles.